The van der Waals surface area contributed by atoms with E-state index in [0.29, 0.717) is 24.3 Å². The molecule has 5 atom stereocenters. The highest BCUT2D eigenvalue weighted by Crippen LogP contribution is 2.11. The van der Waals surface area contributed by atoms with Crippen LogP contribution in [0.5, 0.6) is 0 Å². The molecule has 202 valence electrons. The van der Waals surface area contributed by atoms with Crippen molar-refractivity contribution in [3.8, 4) is 0 Å². The van der Waals surface area contributed by atoms with Crippen LogP contribution in [0.2, 0.25) is 0 Å². The molecule has 0 aromatic carbocycles. The molecule has 36 heavy (non-hydrogen) atoms. The van der Waals surface area contributed by atoms with Crippen LogP contribution < -0.4 is 21.7 Å². The van der Waals surface area contributed by atoms with E-state index in [4.69, 9.17) is 10.8 Å². The highest BCUT2D eigenvalue weighted by atomic mass is 32.2. The number of amides is 3. The summed E-state index contributed by atoms with van der Waals surface area (Å²) in [5, 5.41) is 25.8. The van der Waals surface area contributed by atoms with Gasteiger partial charge < -0.3 is 36.9 Å². The molecule has 0 aliphatic carbocycles. The lowest BCUT2D eigenvalue weighted by Crippen LogP contribution is -2.59. The molecule has 0 saturated heterocycles. The Morgan fingerprint density at radius 1 is 1.06 bits per heavy atom. The maximum Gasteiger partial charge on any atom is 0.326 e. The third kappa shape index (κ3) is 10.6. The Balaban J connectivity index is 3.04. The second-order valence-electron chi connectivity index (χ2n) is 8.43. The van der Waals surface area contributed by atoms with Crippen LogP contribution in [-0.4, -0.2) is 86.0 Å². The lowest BCUT2D eigenvalue weighted by atomic mass is 9.96. The molecule has 1 aromatic rings. The molecule has 13 nitrogen and oxygen atoms in total. The number of rotatable bonds is 17. The van der Waals surface area contributed by atoms with E-state index in [1.165, 1.54) is 24.3 Å². The van der Waals surface area contributed by atoms with Gasteiger partial charge in [-0.05, 0) is 30.8 Å². The van der Waals surface area contributed by atoms with Crippen molar-refractivity contribution in [3.63, 3.8) is 0 Å². The average Bonchev–Trinajstić information content (AvgIpc) is 3.34. The van der Waals surface area contributed by atoms with Crippen molar-refractivity contribution in [1.82, 2.24) is 25.9 Å². The highest BCUT2D eigenvalue weighted by molar-refractivity contribution is 7.98. The second-order valence-corrected chi connectivity index (χ2v) is 9.42. The van der Waals surface area contributed by atoms with Gasteiger partial charge in [-0.2, -0.15) is 11.8 Å². The Morgan fingerprint density at radius 3 is 2.25 bits per heavy atom. The molecule has 1 heterocycles. The van der Waals surface area contributed by atoms with Crippen LogP contribution in [0.3, 0.4) is 0 Å². The number of carbonyl (C=O) groups is 5. The molecule has 8 N–H and O–H groups in total. The molecule has 0 bridgehead atoms. The van der Waals surface area contributed by atoms with Gasteiger partial charge in [0.05, 0.1) is 12.4 Å². The Hall–Kier alpha value is -3.13. The Labute approximate surface area is 213 Å². The van der Waals surface area contributed by atoms with Crippen molar-refractivity contribution >= 4 is 41.4 Å². The van der Waals surface area contributed by atoms with Gasteiger partial charge in [0, 0.05) is 24.7 Å². The third-order valence-electron chi connectivity index (χ3n) is 5.64. The Kier molecular flexibility index (Phi) is 13.5. The summed E-state index contributed by atoms with van der Waals surface area (Å²) in [5.74, 6) is -4.26. The van der Waals surface area contributed by atoms with Crippen molar-refractivity contribution < 1.29 is 34.2 Å². The summed E-state index contributed by atoms with van der Waals surface area (Å²) in [7, 11) is 0. The monoisotopic (exact) mass is 528 g/mol. The lowest BCUT2D eigenvalue weighted by Gasteiger charge is -2.28. The standard InChI is InChI=1S/C22H36N6O7S/c1-4-12(2)18(21(33)26-15(22(34)35)5-6-17(29)30)28-20(32)16(9-13-10-24-11-25-13)27-19(31)14(23)7-8-36-3/h10-12,14-16,18H,4-9,23H2,1-3H3,(H,24,25)(H,26,33)(H,27,31)(H,28,32)(H,29,30)(H,34,35). The van der Waals surface area contributed by atoms with E-state index in [2.05, 4.69) is 25.9 Å². The quantitative estimate of drug-likeness (QED) is 0.137. The van der Waals surface area contributed by atoms with Crippen LogP contribution in [0.15, 0.2) is 12.5 Å². The van der Waals surface area contributed by atoms with Crippen LogP contribution in [-0.2, 0) is 30.4 Å². The van der Waals surface area contributed by atoms with E-state index in [1.54, 1.807) is 13.8 Å². The summed E-state index contributed by atoms with van der Waals surface area (Å²) in [6.45, 7) is 3.50. The molecule has 0 aliphatic heterocycles. The van der Waals surface area contributed by atoms with E-state index in [1.807, 2.05) is 6.26 Å². The van der Waals surface area contributed by atoms with Gasteiger partial charge in [0.15, 0.2) is 0 Å². The number of thioether (sulfide) groups is 1. The zero-order valence-corrected chi connectivity index (χ0v) is 21.5. The first-order chi connectivity index (χ1) is 17.0. The minimum Gasteiger partial charge on any atom is -0.481 e. The number of hydrogen-bond donors (Lipinski definition) is 7. The summed E-state index contributed by atoms with van der Waals surface area (Å²) in [5.41, 5.74) is 6.51. The van der Waals surface area contributed by atoms with Crippen LogP contribution >= 0.6 is 11.8 Å². The molecule has 3 amide bonds. The maximum absolute atomic E-state index is 13.2. The number of imidazole rings is 1. The van der Waals surface area contributed by atoms with Gasteiger partial charge in [0.2, 0.25) is 17.7 Å². The molecule has 5 unspecified atom stereocenters. The SMILES string of the molecule is CCC(C)C(NC(=O)C(Cc1cnc[nH]1)NC(=O)C(N)CCSC)C(=O)NC(CCC(=O)O)C(=O)O. The van der Waals surface area contributed by atoms with Crippen molar-refractivity contribution in [2.24, 2.45) is 11.7 Å². The molecular formula is C22H36N6O7S. The number of carbonyl (C=O) groups excluding carboxylic acids is 3. The molecule has 0 saturated carbocycles. The normalized spacial score (nSPS) is 15.1. The number of nitrogens with two attached hydrogens (primary N) is 1. The highest BCUT2D eigenvalue weighted by Gasteiger charge is 2.33. The first-order valence-corrected chi connectivity index (χ1v) is 13.0. The molecular weight excluding hydrogens is 492 g/mol. The van der Waals surface area contributed by atoms with Crippen molar-refractivity contribution in [1.29, 1.82) is 0 Å². The summed E-state index contributed by atoms with van der Waals surface area (Å²) >= 11 is 1.53. The molecule has 0 fully saturated rings. The van der Waals surface area contributed by atoms with Gasteiger partial charge in [-0.25, -0.2) is 9.78 Å². The van der Waals surface area contributed by atoms with Gasteiger partial charge in [-0.1, -0.05) is 20.3 Å². The van der Waals surface area contributed by atoms with Crippen molar-refractivity contribution in [2.45, 2.75) is 70.1 Å². The van der Waals surface area contributed by atoms with Crippen LogP contribution in [0.1, 0.15) is 45.2 Å². The zero-order chi connectivity index (χ0) is 27.3. The van der Waals surface area contributed by atoms with Crippen LogP contribution in [0, 0.1) is 5.92 Å². The van der Waals surface area contributed by atoms with Gasteiger partial charge >= 0.3 is 11.9 Å². The molecule has 0 spiro atoms. The van der Waals surface area contributed by atoms with E-state index in [0.717, 1.165) is 0 Å². The molecule has 14 heteroatoms. The fourth-order valence-electron chi connectivity index (χ4n) is 3.22. The lowest BCUT2D eigenvalue weighted by molar-refractivity contribution is -0.143. The van der Waals surface area contributed by atoms with Crippen molar-refractivity contribution in [2.75, 3.05) is 12.0 Å². The minimum absolute atomic E-state index is 0.0536. The first kappa shape index (κ1) is 30.9. The largest absolute Gasteiger partial charge is 0.481 e. The Morgan fingerprint density at radius 2 is 1.72 bits per heavy atom. The minimum atomic E-state index is -1.44. The number of carboxylic acid groups (broad SMARTS) is 2. The predicted octanol–water partition coefficient (Wildman–Crippen LogP) is -0.517. The fraction of sp³-hybridized carbons (Fsp3) is 0.636. The maximum atomic E-state index is 13.2. The predicted molar refractivity (Wildman–Crippen MR) is 133 cm³/mol. The smallest absolute Gasteiger partial charge is 0.326 e. The van der Waals surface area contributed by atoms with Gasteiger partial charge in [0.1, 0.15) is 18.1 Å². The van der Waals surface area contributed by atoms with Crippen molar-refractivity contribution in [3.05, 3.63) is 18.2 Å². The number of aliphatic carboxylic acids is 2. The number of aromatic amines is 1. The van der Waals surface area contributed by atoms with Gasteiger partial charge in [-0.3, -0.25) is 19.2 Å². The summed E-state index contributed by atoms with van der Waals surface area (Å²) < 4.78 is 0. The topological polar surface area (TPSA) is 217 Å². The molecule has 0 radical (unpaired) electrons. The number of carboxylic acids is 2. The van der Waals surface area contributed by atoms with E-state index < -0.39 is 66.2 Å². The summed E-state index contributed by atoms with van der Waals surface area (Å²) in [6.07, 6.45) is 4.98. The first-order valence-electron chi connectivity index (χ1n) is 11.6. The molecule has 1 aromatic heterocycles. The average molecular weight is 529 g/mol. The van der Waals surface area contributed by atoms with E-state index in [-0.39, 0.29) is 12.8 Å². The number of hydrogen-bond acceptors (Lipinski definition) is 8. The van der Waals surface area contributed by atoms with E-state index >= 15 is 0 Å². The van der Waals surface area contributed by atoms with Crippen LogP contribution in [0.4, 0.5) is 0 Å². The van der Waals surface area contributed by atoms with Gasteiger partial charge in [-0.15, -0.1) is 0 Å². The molecule has 0 aliphatic rings. The summed E-state index contributed by atoms with van der Waals surface area (Å²) in [6, 6.07) is -4.47. The Bertz CT molecular complexity index is 882. The van der Waals surface area contributed by atoms with Crippen LogP contribution in [0.25, 0.3) is 0 Å². The number of aromatic nitrogens is 2. The fourth-order valence-corrected chi connectivity index (χ4v) is 3.71. The number of nitrogens with zero attached hydrogens (tertiary/aromatic N) is 1. The van der Waals surface area contributed by atoms with Gasteiger partial charge in [0.25, 0.3) is 0 Å². The van der Waals surface area contributed by atoms with E-state index in [9.17, 15) is 29.1 Å². The second kappa shape index (κ2) is 15.8. The summed E-state index contributed by atoms with van der Waals surface area (Å²) in [4.78, 5) is 67.9. The number of nitrogens with one attached hydrogen (secondary N) is 4. The number of H-pyrrole nitrogens is 1. The zero-order valence-electron chi connectivity index (χ0n) is 20.7. The third-order valence-corrected chi connectivity index (χ3v) is 6.28. The molecule has 1 rings (SSSR count).